The second-order valence-electron chi connectivity index (χ2n) is 3.27. The molecule has 2 aromatic rings. The van der Waals surface area contributed by atoms with Crippen LogP contribution in [0.3, 0.4) is 0 Å². The molecule has 0 amide bonds. The molecule has 2 rings (SSSR count). The van der Waals surface area contributed by atoms with Crippen molar-refractivity contribution in [2.75, 3.05) is 0 Å². The van der Waals surface area contributed by atoms with Crippen molar-refractivity contribution >= 4 is 32.7 Å². The van der Waals surface area contributed by atoms with Crippen LogP contribution >= 0.6 is 15.9 Å². The Labute approximate surface area is 98.4 Å². The Morgan fingerprint density at radius 1 is 1.44 bits per heavy atom. The molecule has 0 radical (unpaired) electrons. The Bertz CT molecular complexity index is 648. The molecule has 0 saturated carbocycles. The number of hydrogen-bond donors (Lipinski definition) is 1. The number of carbonyl (C=O) groups is 1. The van der Waals surface area contributed by atoms with Gasteiger partial charge in [0.2, 0.25) is 0 Å². The lowest BCUT2D eigenvalue weighted by molar-refractivity contribution is 0.0690. The highest BCUT2D eigenvalue weighted by Gasteiger charge is 2.14. The third-order valence-electron chi connectivity index (χ3n) is 2.21. The van der Waals surface area contributed by atoms with E-state index >= 15 is 0 Å². The van der Waals surface area contributed by atoms with Crippen molar-refractivity contribution in [2.24, 2.45) is 7.05 Å². The Morgan fingerprint density at radius 3 is 2.75 bits per heavy atom. The lowest BCUT2D eigenvalue weighted by Gasteiger charge is -2.04. The van der Waals surface area contributed by atoms with Gasteiger partial charge >= 0.3 is 5.97 Å². The summed E-state index contributed by atoms with van der Waals surface area (Å²) in [6.45, 7) is 0. The smallest absolute Gasteiger partial charge is 0.357 e. The number of benzene rings is 1. The van der Waals surface area contributed by atoms with E-state index in [1.54, 1.807) is 18.2 Å². The van der Waals surface area contributed by atoms with Crippen molar-refractivity contribution in [3.8, 4) is 0 Å². The molecule has 0 aliphatic heterocycles. The first-order valence-electron chi connectivity index (χ1n) is 4.40. The van der Waals surface area contributed by atoms with Crippen molar-refractivity contribution in [2.45, 2.75) is 0 Å². The molecule has 6 heteroatoms. The fraction of sp³-hybridized carbons (Fsp3) is 0.100. The number of aromatic carboxylic acids is 1. The molecule has 0 aliphatic rings. The predicted octanol–water partition coefficient (Wildman–Crippen LogP) is 1.39. The number of nitrogens with zero attached hydrogens (tertiary/aromatic N) is 2. The van der Waals surface area contributed by atoms with Gasteiger partial charge in [-0.05, 0) is 18.2 Å². The molecule has 0 aliphatic carbocycles. The van der Waals surface area contributed by atoms with Crippen LogP contribution in [0.5, 0.6) is 0 Å². The summed E-state index contributed by atoms with van der Waals surface area (Å²) in [6.07, 6.45) is 0. The van der Waals surface area contributed by atoms with Gasteiger partial charge in [-0.1, -0.05) is 15.9 Å². The topological polar surface area (TPSA) is 72.2 Å². The van der Waals surface area contributed by atoms with E-state index in [2.05, 4.69) is 21.0 Å². The lowest BCUT2D eigenvalue weighted by atomic mass is 10.1. The maximum atomic E-state index is 11.7. The normalized spacial score (nSPS) is 10.6. The van der Waals surface area contributed by atoms with E-state index in [4.69, 9.17) is 5.11 Å². The first kappa shape index (κ1) is 10.8. The Hall–Kier alpha value is -1.69. The molecule has 16 heavy (non-hydrogen) atoms. The van der Waals surface area contributed by atoms with Gasteiger partial charge in [-0.15, -0.1) is 0 Å². The predicted molar refractivity (Wildman–Crippen MR) is 61.6 cm³/mol. The molecule has 82 valence electrons. The van der Waals surface area contributed by atoms with Gasteiger partial charge < -0.3 is 5.11 Å². The largest absolute Gasteiger partial charge is 0.476 e. The summed E-state index contributed by atoms with van der Waals surface area (Å²) >= 11 is 3.23. The van der Waals surface area contributed by atoms with Crippen molar-refractivity contribution in [1.29, 1.82) is 0 Å². The highest BCUT2D eigenvalue weighted by atomic mass is 79.9. The minimum absolute atomic E-state index is 0.126. The van der Waals surface area contributed by atoms with E-state index in [1.165, 1.54) is 7.05 Å². The molecule has 1 heterocycles. The van der Waals surface area contributed by atoms with Crippen LogP contribution in [-0.4, -0.2) is 20.9 Å². The molecule has 0 unspecified atom stereocenters. The third kappa shape index (κ3) is 1.61. The van der Waals surface area contributed by atoms with Gasteiger partial charge in [0, 0.05) is 16.9 Å². The fourth-order valence-electron chi connectivity index (χ4n) is 1.48. The zero-order chi connectivity index (χ0) is 11.9. The highest BCUT2D eigenvalue weighted by molar-refractivity contribution is 9.10. The number of rotatable bonds is 1. The monoisotopic (exact) mass is 282 g/mol. The van der Waals surface area contributed by atoms with Crippen LogP contribution in [0.4, 0.5) is 0 Å². The molecular formula is C10H7BrN2O3. The molecular weight excluding hydrogens is 276 g/mol. The molecule has 0 atom stereocenters. The van der Waals surface area contributed by atoms with Crippen LogP contribution in [0.15, 0.2) is 27.5 Å². The SMILES string of the molecule is Cn1nc(C(=O)O)c2cc(Br)ccc2c1=O. The summed E-state index contributed by atoms with van der Waals surface area (Å²) < 4.78 is 1.73. The molecule has 0 spiro atoms. The van der Waals surface area contributed by atoms with Crippen molar-refractivity contribution < 1.29 is 9.90 Å². The van der Waals surface area contributed by atoms with Crippen LogP contribution in [0.2, 0.25) is 0 Å². The van der Waals surface area contributed by atoms with Crippen molar-refractivity contribution in [3.05, 3.63) is 38.7 Å². The van der Waals surface area contributed by atoms with Crippen molar-refractivity contribution in [3.63, 3.8) is 0 Å². The maximum Gasteiger partial charge on any atom is 0.357 e. The first-order chi connectivity index (χ1) is 7.50. The summed E-state index contributed by atoms with van der Waals surface area (Å²) in [5.41, 5.74) is -0.439. The van der Waals surface area contributed by atoms with Gasteiger partial charge in [-0.3, -0.25) is 4.79 Å². The second kappa shape index (κ2) is 3.71. The maximum absolute atomic E-state index is 11.7. The van der Waals surface area contributed by atoms with Crippen LogP contribution in [0.1, 0.15) is 10.5 Å². The number of carboxylic acid groups (broad SMARTS) is 1. The lowest BCUT2D eigenvalue weighted by Crippen LogP contribution is -2.23. The van der Waals surface area contributed by atoms with Crippen LogP contribution in [-0.2, 0) is 7.05 Å². The van der Waals surface area contributed by atoms with Crippen LogP contribution in [0.25, 0.3) is 10.8 Å². The zero-order valence-corrected chi connectivity index (χ0v) is 9.85. The molecule has 0 bridgehead atoms. The summed E-state index contributed by atoms with van der Waals surface area (Å²) in [5.74, 6) is -1.15. The zero-order valence-electron chi connectivity index (χ0n) is 8.27. The highest BCUT2D eigenvalue weighted by Crippen LogP contribution is 2.19. The summed E-state index contributed by atoms with van der Waals surface area (Å²) in [6, 6.07) is 4.85. The van der Waals surface area contributed by atoms with Crippen LogP contribution in [0, 0.1) is 0 Å². The average molecular weight is 283 g/mol. The van der Waals surface area contributed by atoms with E-state index in [1.807, 2.05) is 0 Å². The number of carboxylic acids is 1. The fourth-order valence-corrected chi connectivity index (χ4v) is 1.84. The van der Waals surface area contributed by atoms with E-state index in [0.717, 1.165) is 4.68 Å². The van der Waals surface area contributed by atoms with Gasteiger partial charge in [0.05, 0.1) is 5.39 Å². The van der Waals surface area contributed by atoms with Gasteiger partial charge in [-0.2, -0.15) is 5.10 Å². The second-order valence-corrected chi connectivity index (χ2v) is 4.19. The molecule has 1 N–H and O–H groups in total. The molecule has 1 aromatic carbocycles. The minimum Gasteiger partial charge on any atom is -0.476 e. The quantitative estimate of drug-likeness (QED) is 0.858. The summed E-state index contributed by atoms with van der Waals surface area (Å²) in [7, 11) is 1.43. The van der Waals surface area contributed by atoms with Gasteiger partial charge in [0.15, 0.2) is 5.69 Å². The summed E-state index contributed by atoms with van der Waals surface area (Å²) in [5, 5.41) is 13.4. The summed E-state index contributed by atoms with van der Waals surface area (Å²) in [4.78, 5) is 22.7. The van der Waals surface area contributed by atoms with E-state index < -0.39 is 5.97 Å². The Kier molecular flexibility index (Phi) is 2.51. The van der Waals surface area contributed by atoms with E-state index in [9.17, 15) is 9.59 Å². The average Bonchev–Trinajstić information content (AvgIpc) is 2.22. The standard InChI is InChI=1S/C10H7BrN2O3/c1-13-9(14)6-3-2-5(11)4-7(6)8(12-13)10(15)16/h2-4H,1H3,(H,15,16). The minimum atomic E-state index is -1.15. The number of hydrogen-bond acceptors (Lipinski definition) is 3. The Balaban J connectivity index is 3.01. The van der Waals surface area contributed by atoms with Gasteiger partial charge in [-0.25, -0.2) is 9.48 Å². The molecule has 0 saturated heterocycles. The first-order valence-corrected chi connectivity index (χ1v) is 5.20. The van der Waals surface area contributed by atoms with Crippen LogP contribution < -0.4 is 5.56 Å². The number of fused-ring (bicyclic) bond motifs is 1. The van der Waals surface area contributed by atoms with E-state index in [0.29, 0.717) is 15.2 Å². The molecule has 1 aromatic heterocycles. The van der Waals surface area contributed by atoms with E-state index in [-0.39, 0.29) is 11.3 Å². The van der Waals surface area contributed by atoms with Gasteiger partial charge in [0.25, 0.3) is 5.56 Å². The molecule has 5 nitrogen and oxygen atoms in total. The van der Waals surface area contributed by atoms with Gasteiger partial charge in [0.1, 0.15) is 0 Å². The number of aromatic nitrogens is 2. The van der Waals surface area contributed by atoms with Crippen molar-refractivity contribution in [1.82, 2.24) is 9.78 Å². The Morgan fingerprint density at radius 2 is 2.12 bits per heavy atom. The molecule has 0 fully saturated rings. The third-order valence-corrected chi connectivity index (χ3v) is 2.71. The number of aryl methyl sites for hydroxylation is 1. The number of halogens is 1.